The molecule has 0 saturated heterocycles. The molecule has 31 heavy (non-hydrogen) atoms. The Hall–Kier alpha value is -3.15. The summed E-state index contributed by atoms with van der Waals surface area (Å²) >= 11 is 0. The van der Waals surface area contributed by atoms with Crippen LogP contribution in [-0.4, -0.2) is 31.1 Å². The van der Waals surface area contributed by atoms with Crippen LogP contribution >= 0.6 is 0 Å². The van der Waals surface area contributed by atoms with Gasteiger partial charge in [0.05, 0.1) is 6.21 Å². The highest BCUT2D eigenvalue weighted by Crippen LogP contribution is 2.25. The fourth-order valence-electron chi connectivity index (χ4n) is 3.90. The van der Waals surface area contributed by atoms with E-state index in [1.54, 1.807) is 30.5 Å². The highest BCUT2D eigenvalue weighted by atomic mass is 16.2. The molecule has 0 unspecified atom stereocenters. The molecule has 2 amide bonds. The molecule has 1 aliphatic carbocycles. The van der Waals surface area contributed by atoms with Crippen LogP contribution < -0.4 is 15.6 Å². The predicted octanol–water partition coefficient (Wildman–Crippen LogP) is 4.82. The number of hydrazone groups is 1. The third-order valence-corrected chi connectivity index (χ3v) is 5.79. The first-order valence-corrected chi connectivity index (χ1v) is 11.2. The maximum Gasteiger partial charge on any atom is 0.271 e. The van der Waals surface area contributed by atoms with E-state index in [0.717, 1.165) is 44.3 Å². The van der Waals surface area contributed by atoms with Gasteiger partial charge in [0.2, 0.25) is 5.91 Å². The van der Waals surface area contributed by atoms with Gasteiger partial charge in [-0.25, -0.2) is 5.43 Å². The first-order chi connectivity index (χ1) is 15.1. The molecule has 0 aromatic heterocycles. The molecule has 164 valence electrons. The summed E-state index contributed by atoms with van der Waals surface area (Å²) in [6.07, 6.45) is 7.01. The maximum atomic E-state index is 12.3. The van der Waals surface area contributed by atoms with Gasteiger partial charge in [-0.3, -0.25) is 9.59 Å². The van der Waals surface area contributed by atoms with Gasteiger partial charge in [-0.2, -0.15) is 5.10 Å². The SMILES string of the molecule is CCN(CC)c1ccc(/C=N/NC(=O)c2ccc(NC(=O)C3CCCCC3)cc2)cc1. The van der Waals surface area contributed by atoms with Gasteiger partial charge in [0.1, 0.15) is 0 Å². The Morgan fingerprint density at radius 2 is 1.61 bits per heavy atom. The van der Waals surface area contributed by atoms with Crippen molar-refractivity contribution in [2.24, 2.45) is 11.0 Å². The number of nitrogens with one attached hydrogen (secondary N) is 2. The standard InChI is InChI=1S/C25H32N4O2/c1-3-29(4-2)23-16-10-19(11-17-23)18-26-28-25(31)21-12-14-22(15-13-21)27-24(30)20-8-6-5-7-9-20/h10-18,20H,3-9H2,1-2H3,(H,27,30)(H,28,31)/b26-18+. The Labute approximate surface area is 184 Å². The average molecular weight is 421 g/mol. The number of carbonyl (C=O) groups excluding carboxylic acids is 2. The number of hydrogen-bond donors (Lipinski definition) is 2. The molecule has 6 nitrogen and oxygen atoms in total. The van der Waals surface area contributed by atoms with Crippen molar-refractivity contribution in [2.45, 2.75) is 46.0 Å². The second-order valence-corrected chi connectivity index (χ2v) is 7.86. The number of carbonyl (C=O) groups is 2. The summed E-state index contributed by atoms with van der Waals surface area (Å²) in [4.78, 5) is 26.9. The van der Waals surface area contributed by atoms with Crippen molar-refractivity contribution in [3.8, 4) is 0 Å². The molecule has 6 heteroatoms. The van der Waals surface area contributed by atoms with E-state index in [1.807, 2.05) is 12.1 Å². The smallest absolute Gasteiger partial charge is 0.271 e. The number of amides is 2. The molecule has 0 heterocycles. The van der Waals surface area contributed by atoms with Crippen molar-refractivity contribution in [1.82, 2.24) is 5.43 Å². The Balaban J connectivity index is 1.50. The maximum absolute atomic E-state index is 12.3. The minimum absolute atomic E-state index is 0.0773. The predicted molar refractivity (Wildman–Crippen MR) is 127 cm³/mol. The molecule has 0 atom stereocenters. The number of nitrogens with zero attached hydrogens (tertiary/aromatic N) is 2. The van der Waals surface area contributed by atoms with Crippen molar-refractivity contribution in [3.63, 3.8) is 0 Å². The summed E-state index contributed by atoms with van der Waals surface area (Å²) in [7, 11) is 0. The first-order valence-electron chi connectivity index (χ1n) is 11.2. The van der Waals surface area contributed by atoms with Crippen molar-refractivity contribution in [2.75, 3.05) is 23.3 Å². The molecule has 3 rings (SSSR count). The monoisotopic (exact) mass is 420 g/mol. The van der Waals surface area contributed by atoms with Crippen LogP contribution in [-0.2, 0) is 4.79 Å². The highest BCUT2D eigenvalue weighted by molar-refractivity contribution is 5.96. The molecule has 1 aliphatic rings. The molecule has 2 aromatic rings. The lowest BCUT2D eigenvalue weighted by Gasteiger charge is -2.20. The van der Waals surface area contributed by atoms with Gasteiger partial charge in [-0.15, -0.1) is 0 Å². The zero-order valence-electron chi connectivity index (χ0n) is 18.4. The van der Waals surface area contributed by atoms with Crippen LogP contribution in [0, 0.1) is 5.92 Å². The van der Waals surface area contributed by atoms with Gasteiger partial charge in [-0.05, 0) is 68.7 Å². The lowest BCUT2D eigenvalue weighted by molar-refractivity contribution is -0.120. The topological polar surface area (TPSA) is 73.8 Å². The zero-order chi connectivity index (χ0) is 22.1. The summed E-state index contributed by atoms with van der Waals surface area (Å²) in [5, 5.41) is 7.02. The quantitative estimate of drug-likeness (QED) is 0.475. The van der Waals surface area contributed by atoms with E-state index in [4.69, 9.17) is 0 Å². The van der Waals surface area contributed by atoms with Crippen LogP contribution in [0.2, 0.25) is 0 Å². The molecular formula is C25H32N4O2. The van der Waals surface area contributed by atoms with Gasteiger partial charge in [0.25, 0.3) is 5.91 Å². The molecular weight excluding hydrogens is 388 g/mol. The summed E-state index contributed by atoms with van der Waals surface area (Å²) in [6.45, 7) is 6.18. The van der Waals surface area contributed by atoms with Gasteiger partial charge in [0, 0.05) is 35.9 Å². The van der Waals surface area contributed by atoms with Gasteiger partial charge >= 0.3 is 0 Å². The van der Waals surface area contributed by atoms with Crippen LogP contribution in [0.25, 0.3) is 0 Å². The molecule has 0 radical (unpaired) electrons. The van der Waals surface area contributed by atoms with Crippen LogP contribution in [0.1, 0.15) is 61.9 Å². The van der Waals surface area contributed by atoms with Crippen LogP contribution in [0.5, 0.6) is 0 Å². The van der Waals surface area contributed by atoms with E-state index < -0.39 is 0 Å². The van der Waals surface area contributed by atoms with E-state index >= 15 is 0 Å². The normalized spacial score (nSPS) is 14.4. The fraction of sp³-hybridized carbons (Fsp3) is 0.400. The Kier molecular flexibility index (Phi) is 8.21. The number of anilines is 2. The summed E-state index contributed by atoms with van der Waals surface area (Å²) in [6, 6.07) is 15.0. The van der Waals surface area contributed by atoms with Gasteiger partial charge in [0.15, 0.2) is 0 Å². The Morgan fingerprint density at radius 3 is 2.23 bits per heavy atom. The van der Waals surface area contributed by atoms with Crippen LogP contribution in [0.15, 0.2) is 53.6 Å². The average Bonchev–Trinajstić information content (AvgIpc) is 2.82. The van der Waals surface area contributed by atoms with Crippen molar-refractivity contribution in [1.29, 1.82) is 0 Å². The molecule has 2 aromatic carbocycles. The van der Waals surface area contributed by atoms with Crippen molar-refractivity contribution >= 4 is 29.4 Å². The van der Waals surface area contributed by atoms with Crippen molar-refractivity contribution in [3.05, 3.63) is 59.7 Å². The van der Waals surface area contributed by atoms with E-state index in [2.05, 4.69) is 46.7 Å². The third-order valence-electron chi connectivity index (χ3n) is 5.79. The van der Waals surface area contributed by atoms with Crippen molar-refractivity contribution < 1.29 is 9.59 Å². The van der Waals surface area contributed by atoms with Gasteiger partial charge in [-0.1, -0.05) is 31.4 Å². The minimum atomic E-state index is -0.291. The lowest BCUT2D eigenvalue weighted by Crippen LogP contribution is -2.24. The molecule has 1 saturated carbocycles. The number of hydrogen-bond acceptors (Lipinski definition) is 4. The third kappa shape index (κ3) is 6.41. The van der Waals surface area contributed by atoms with Gasteiger partial charge < -0.3 is 10.2 Å². The first kappa shape index (κ1) is 22.5. The summed E-state index contributed by atoms with van der Waals surface area (Å²) in [5.41, 5.74) is 5.84. The Morgan fingerprint density at radius 1 is 0.968 bits per heavy atom. The highest BCUT2D eigenvalue weighted by Gasteiger charge is 2.21. The van der Waals surface area contributed by atoms with E-state index in [-0.39, 0.29) is 17.7 Å². The largest absolute Gasteiger partial charge is 0.372 e. The molecule has 2 N–H and O–H groups in total. The summed E-state index contributed by atoms with van der Waals surface area (Å²) < 4.78 is 0. The fourth-order valence-corrected chi connectivity index (χ4v) is 3.90. The van der Waals surface area contributed by atoms with E-state index in [1.165, 1.54) is 12.1 Å². The molecule has 0 bridgehead atoms. The second-order valence-electron chi connectivity index (χ2n) is 7.86. The molecule has 1 fully saturated rings. The minimum Gasteiger partial charge on any atom is -0.372 e. The molecule has 0 aliphatic heterocycles. The zero-order valence-corrected chi connectivity index (χ0v) is 18.4. The number of benzene rings is 2. The molecule has 0 spiro atoms. The van der Waals surface area contributed by atoms with Crippen LogP contribution in [0.3, 0.4) is 0 Å². The van der Waals surface area contributed by atoms with E-state index in [0.29, 0.717) is 11.3 Å². The lowest BCUT2D eigenvalue weighted by atomic mass is 9.88. The van der Waals surface area contributed by atoms with E-state index in [9.17, 15) is 9.59 Å². The Bertz CT molecular complexity index is 881. The number of rotatable bonds is 8. The van der Waals surface area contributed by atoms with Crippen LogP contribution in [0.4, 0.5) is 11.4 Å². The second kappa shape index (κ2) is 11.3. The summed E-state index contributed by atoms with van der Waals surface area (Å²) in [5.74, 6) is -0.109.